The van der Waals surface area contributed by atoms with Crippen LogP contribution in [0.25, 0.3) is 0 Å². The first-order valence-electron chi connectivity index (χ1n) is 6.92. The first-order valence-corrected chi connectivity index (χ1v) is 7.74. The van der Waals surface area contributed by atoms with Gasteiger partial charge < -0.3 is 10.5 Å². The van der Waals surface area contributed by atoms with E-state index in [1.165, 1.54) is 35.4 Å². The summed E-state index contributed by atoms with van der Waals surface area (Å²) < 4.78 is 6.22. The van der Waals surface area contributed by atoms with Crippen molar-refractivity contribution in [1.29, 1.82) is 0 Å². The standard InChI is InChI=1S/C15H25NOS/c1-11-4-5-14(18-11)13(10-16)17-12-6-8-15(2,3)9-7-12/h4-5,12-13H,6-10,16H2,1-3H3. The minimum Gasteiger partial charge on any atom is -0.368 e. The zero-order valence-electron chi connectivity index (χ0n) is 11.7. The van der Waals surface area contributed by atoms with E-state index in [0.29, 0.717) is 18.1 Å². The van der Waals surface area contributed by atoms with Crippen molar-refractivity contribution in [2.45, 2.75) is 58.7 Å². The maximum absolute atomic E-state index is 6.22. The van der Waals surface area contributed by atoms with Crippen LogP contribution in [0.4, 0.5) is 0 Å². The first-order chi connectivity index (χ1) is 8.50. The van der Waals surface area contributed by atoms with E-state index in [9.17, 15) is 0 Å². The Morgan fingerprint density at radius 1 is 1.39 bits per heavy atom. The van der Waals surface area contributed by atoms with Crippen LogP contribution in [0.5, 0.6) is 0 Å². The highest BCUT2D eigenvalue weighted by Crippen LogP contribution is 2.38. The highest BCUT2D eigenvalue weighted by atomic mass is 32.1. The number of ether oxygens (including phenoxy) is 1. The average Bonchev–Trinajstić information content (AvgIpc) is 2.74. The normalized spacial score (nSPS) is 22.0. The van der Waals surface area contributed by atoms with Crippen molar-refractivity contribution in [2.24, 2.45) is 11.1 Å². The van der Waals surface area contributed by atoms with Gasteiger partial charge in [0.2, 0.25) is 0 Å². The fourth-order valence-corrected chi connectivity index (χ4v) is 3.53. The van der Waals surface area contributed by atoms with Gasteiger partial charge in [-0.1, -0.05) is 13.8 Å². The molecule has 0 spiro atoms. The molecule has 2 rings (SSSR count). The van der Waals surface area contributed by atoms with Crippen LogP contribution in [0.2, 0.25) is 0 Å². The Morgan fingerprint density at radius 2 is 2.06 bits per heavy atom. The van der Waals surface area contributed by atoms with Gasteiger partial charge in [-0.2, -0.15) is 0 Å². The number of hydrogen-bond acceptors (Lipinski definition) is 3. The van der Waals surface area contributed by atoms with E-state index in [-0.39, 0.29) is 6.10 Å². The minimum absolute atomic E-state index is 0.0925. The molecule has 0 bridgehead atoms. The second-order valence-corrected chi connectivity index (χ2v) is 7.49. The van der Waals surface area contributed by atoms with E-state index in [4.69, 9.17) is 10.5 Å². The van der Waals surface area contributed by atoms with Crippen molar-refractivity contribution in [3.05, 3.63) is 21.9 Å². The lowest BCUT2D eigenvalue weighted by molar-refractivity contribution is -0.0414. The molecular weight excluding hydrogens is 242 g/mol. The molecule has 1 heterocycles. The molecule has 0 aromatic carbocycles. The van der Waals surface area contributed by atoms with E-state index < -0.39 is 0 Å². The molecule has 0 amide bonds. The van der Waals surface area contributed by atoms with Gasteiger partial charge in [0, 0.05) is 16.3 Å². The summed E-state index contributed by atoms with van der Waals surface area (Å²) >= 11 is 1.80. The molecule has 1 aliphatic carbocycles. The number of aryl methyl sites for hydroxylation is 1. The van der Waals surface area contributed by atoms with Crippen LogP contribution in [0.3, 0.4) is 0 Å². The van der Waals surface area contributed by atoms with Gasteiger partial charge in [-0.05, 0) is 50.2 Å². The average molecular weight is 267 g/mol. The van der Waals surface area contributed by atoms with Crippen LogP contribution in [-0.4, -0.2) is 12.6 Å². The smallest absolute Gasteiger partial charge is 0.104 e. The lowest BCUT2D eigenvalue weighted by Gasteiger charge is -2.35. The van der Waals surface area contributed by atoms with Crippen molar-refractivity contribution in [1.82, 2.24) is 0 Å². The van der Waals surface area contributed by atoms with Crippen LogP contribution in [0.15, 0.2) is 12.1 Å². The lowest BCUT2D eigenvalue weighted by Crippen LogP contribution is -2.29. The van der Waals surface area contributed by atoms with E-state index in [1.54, 1.807) is 11.3 Å². The minimum atomic E-state index is 0.0925. The third-order valence-corrected chi connectivity index (χ3v) is 5.03. The molecule has 1 saturated carbocycles. The fraction of sp³-hybridized carbons (Fsp3) is 0.733. The summed E-state index contributed by atoms with van der Waals surface area (Å²) in [6, 6.07) is 4.31. The number of nitrogens with two attached hydrogens (primary N) is 1. The summed E-state index contributed by atoms with van der Waals surface area (Å²) in [5.41, 5.74) is 6.36. The van der Waals surface area contributed by atoms with Crippen LogP contribution >= 0.6 is 11.3 Å². The van der Waals surface area contributed by atoms with Gasteiger partial charge in [-0.15, -0.1) is 11.3 Å². The number of hydrogen-bond donors (Lipinski definition) is 1. The van der Waals surface area contributed by atoms with Crippen molar-refractivity contribution < 1.29 is 4.74 Å². The zero-order chi connectivity index (χ0) is 13.2. The molecule has 2 nitrogen and oxygen atoms in total. The first kappa shape index (κ1) is 14.0. The molecule has 102 valence electrons. The van der Waals surface area contributed by atoms with Gasteiger partial charge >= 0.3 is 0 Å². The van der Waals surface area contributed by atoms with E-state index in [1.807, 2.05) is 0 Å². The molecule has 0 radical (unpaired) electrons. The molecule has 1 atom stereocenters. The Balaban J connectivity index is 1.92. The van der Waals surface area contributed by atoms with E-state index >= 15 is 0 Å². The molecule has 1 aliphatic rings. The predicted octanol–water partition coefficient (Wildman–Crippen LogP) is 4.04. The molecule has 2 N–H and O–H groups in total. The molecule has 1 unspecified atom stereocenters. The molecule has 0 aliphatic heterocycles. The van der Waals surface area contributed by atoms with Gasteiger partial charge in [-0.25, -0.2) is 0 Å². The van der Waals surface area contributed by atoms with Gasteiger partial charge in [-0.3, -0.25) is 0 Å². The van der Waals surface area contributed by atoms with Gasteiger partial charge in [0.05, 0.1) is 6.10 Å². The Labute approximate surface area is 115 Å². The predicted molar refractivity (Wildman–Crippen MR) is 78.0 cm³/mol. The molecular formula is C15H25NOS. The largest absolute Gasteiger partial charge is 0.368 e. The Hall–Kier alpha value is -0.380. The van der Waals surface area contributed by atoms with E-state index in [2.05, 4.69) is 32.9 Å². The number of thiophene rings is 1. The summed E-state index contributed by atoms with van der Waals surface area (Å²) in [4.78, 5) is 2.61. The fourth-order valence-electron chi connectivity index (χ4n) is 2.61. The van der Waals surface area contributed by atoms with Gasteiger partial charge in [0.15, 0.2) is 0 Å². The summed E-state index contributed by atoms with van der Waals surface area (Å²) in [6.45, 7) is 7.42. The Bertz CT molecular complexity index is 376. The molecule has 0 saturated heterocycles. The van der Waals surface area contributed by atoms with Crippen molar-refractivity contribution >= 4 is 11.3 Å². The van der Waals surface area contributed by atoms with Gasteiger partial charge in [0.1, 0.15) is 6.10 Å². The molecule has 1 aromatic heterocycles. The van der Waals surface area contributed by atoms with Crippen molar-refractivity contribution in [3.8, 4) is 0 Å². The SMILES string of the molecule is Cc1ccc(C(CN)OC2CCC(C)(C)CC2)s1. The third kappa shape index (κ3) is 3.56. The lowest BCUT2D eigenvalue weighted by atomic mass is 9.76. The molecule has 1 aromatic rings. The van der Waals surface area contributed by atoms with Crippen LogP contribution in [-0.2, 0) is 4.74 Å². The summed E-state index contributed by atoms with van der Waals surface area (Å²) in [7, 11) is 0. The quantitative estimate of drug-likeness (QED) is 0.893. The highest BCUT2D eigenvalue weighted by molar-refractivity contribution is 7.12. The van der Waals surface area contributed by atoms with Crippen molar-refractivity contribution in [2.75, 3.05) is 6.54 Å². The molecule has 3 heteroatoms. The van der Waals surface area contributed by atoms with Gasteiger partial charge in [0.25, 0.3) is 0 Å². The molecule has 1 fully saturated rings. The van der Waals surface area contributed by atoms with Crippen LogP contribution in [0.1, 0.15) is 55.4 Å². The highest BCUT2D eigenvalue weighted by Gasteiger charge is 2.29. The monoisotopic (exact) mass is 267 g/mol. The van der Waals surface area contributed by atoms with E-state index in [0.717, 1.165) is 0 Å². The maximum Gasteiger partial charge on any atom is 0.104 e. The Morgan fingerprint density at radius 3 is 2.56 bits per heavy atom. The molecule has 18 heavy (non-hydrogen) atoms. The summed E-state index contributed by atoms with van der Waals surface area (Å²) in [6.07, 6.45) is 5.36. The van der Waals surface area contributed by atoms with Crippen molar-refractivity contribution in [3.63, 3.8) is 0 Å². The number of rotatable bonds is 4. The second kappa shape index (κ2) is 5.72. The Kier molecular flexibility index (Phi) is 4.46. The maximum atomic E-state index is 6.22. The second-order valence-electron chi connectivity index (χ2n) is 6.17. The zero-order valence-corrected chi connectivity index (χ0v) is 12.6. The topological polar surface area (TPSA) is 35.2 Å². The van der Waals surface area contributed by atoms with Crippen LogP contribution < -0.4 is 5.73 Å². The summed E-state index contributed by atoms with van der Waals surface area (Å²) in [5, 5.41) is 0. The summed E-state index contributed by atoms with van der Waals surface area (Å²) in [5.74, 6) is 0. The third-order valence-electron chi connectivity index (χ3n) is 3.94. The van der Waals surface area contributed by atoms with Crippen LogP contribution in [0, 0.1) is 12.3 Å².